The maximum absolute atomic E-state index is 13.5. The van der Waals surface area contributed by atoms with Gasteiger partial charge in [0, 0.05) is 34.8 Å². The lowest BCUT2D eigenvalue weighted by molar-refractivity contribution is -0.127. The Labute approximate surface area is 380 Å². The number of hydrogen-bond donors (Lipinski definition) is 3. The number of rotatable bonds is 15. The van der Waals surface area contributed by atoms with Gasteiger partial charge in [-0.25, -0.2) is 14.4 Å². The molecule has 0 aliphatic heterocycles. The standard InChI is InChI=1S/C27H22O6.C16H12O3.C11H10O3/c1-16(29)22-23(17-7-9-20(10-8-17)27(31)32)24(18-11-13-21(14-12-18)33-15-28)25(22)26(30)19-5-3-2-4-6-19;17-15(13-4-2-1-3-5-13)11-8-12-6-9-14(10-7-12)16(18)19;1-8(12)2-3-9-4-6-10(7-5-9)11(13)14/h2-15,22-25H,1H3,(H,31,32);1-11H,(H,18,19);2-7H,1H3,(H,13,14)/b;11-8+;3-2+/t22-,23-,24+,25+;;/m1../s1. The lowest BCUT2D eigenvalue weighted by Gasteiger charge is -2.51. The molecular weight excluding hydrogens is 841 g/mol. The Kier molecular flexibility index (Phi) is 17.0. The van der Waals surface area contributed by atoms with Gasteiger partial charge in [0.25, 0.3) is 6.47 Å². The maximum Gasteiger partial charge on any atom is 0.335 e. The van der Waals surface area contributed by atoms with E-state index >= 15 is 0 Å². The zero-order valence-electron chi connectivity index (χ0n) is 35.7. The number of carbonyl (C=O) groups is 8. The van der Waals surface area contributed by atoms with E-state index in [2.05, 4.69) is 0 Å². The van der Waals surface area contributed by atoms with Crippen LogP contribution in [0, 0.1) is 11.8 Å². The molecule has 0 radical (unpaired) electrons. The van der Waals surface area contributed by atoms with Crippen LogP contribution in [-0.2, 0) is 14.4 Å². The fourth-order valence-electron chi connectivity index (χ4n) is 7.43. The van der Waals surface area contributed by atoms with Crippen molar-refractivity contribution in [3.63, 3.8) is 0 Å². The third-order valence-electron chi connectivity index (χ3n) is 10.7. The summed E-state index contributed by atoms with van der Waals surface area (Å²) in [5, 5.41) is 26.6. The number of carboxylic acids is 3. The maximum atomic E-state index is 13.5. The molecule has 3 N–H and O–H groups in total. The molecule has 12 heteroatoms. The number of hydrogen-bond acceptors (Lipinski definition) is 9. The molecule has 1 saturated carbocycles. The SMILES string of the molecule is CC(=O)/C=C/c1ccc(C(=O)O)cc1.CC(=O)[C@H]1[C@H](C(=O)c2ccccc2)[C@@H](c2ccc(OC=O)cc2)[C@@H]1c1ccc(C(=O)O)cc1.O=C(O)c1ccc(/C=C/C(=O)c2ccccc2)cc1. The van der Waals surface area contributed by atoms with Crippen LogP contribution in [0.25, 0.3) is 12.2 Å². The van der Waals surface area contributed by atoms with Gasteiger partial charge >= 0.3 is 17.9 Å². The summed E-state index contributed by atoms with van der Waals surface area (Å²) >= 11 is 0. The topological polar surface area (TPSA) is 206 Å². The highest BCUT2D eigenvalue weighted by Gasteiger charge is 2.56. The van der Waals surface area contributed by atoms with Gasteiger partial charge in [-0.3, -0.25) is 24.0 Å². The van der Waals surface area contributed by atoms with Gasteiger partial charge in [0.2, 0.25) is 0 Å². The first-order valence-corrected chi connectivity index (χ1v) is 20.4. The highest BCUT2D eigenvalue weighted by atomic mass is 16.5. The molecule has 0 spiro atoms. The molecular formula is C54H44O12. The van der Waals surface area contributed by atoms with Crippen LogP contribution in [0.3, 0.4) is 0 Å². The molecule has 1 aliphatic rings. The Morgan fingerprint density at radius 2 is 0.848 bits per heavy atom. The third-order valence-corrected chi connectivity index (χ3v) is 10.7. The average molecular weight is 885 g/mol. The van der Waals surface area contributed by atoms with Crippen LogP contribution in [0.4, 0.5) is 0 Å². The van der Waals surface area contributed by atoms with Gasteiger partial charge in [-0.2, -0.15) is 0 Å². The molecule has 1 fully saturated rings. The summed E-state index contributed by atoms with van der Waals surface area (Å²) in [5.41, 5.74) is 5.03. The first kappa shape index (κ1) is 48.4. The van der Waals surface area contributed by atoms with Crippen LogP contribution in [-0.4, -0.2) is 62.8 Å². The molecule has 0 heterocycles. The van der Waals surface area contributed by atoms with E-state index in [1.807, 2.05) is 24.3 Å². The molecule has 0 unspecified atom stereocenters. The molecule has 6 aromatic carbocycles. The van der Waals surface area contributed by atoms with Crippen molar-refractivity contribution in [3.8, 4) is 5.75 Å². The molecule has 0 amide bonds. The van der Waals surface area contributed by atoms with Crippen molar-refractivity contribution in [2.75, 3.05) is 0 Å². The lowest BCUT2D eigenvalue weighted by Crippen LogP contribution is -2.50. The van der Waals surface area contributed by atoms with Gasteiger partial charge in [-0.15, -0.1) is 0 Å². The van der Waals surface area contributed by atoms with Crippen LogP contribution in [0.5, 0.6) is 5.75 Å². The Morgan fingerprint density at radius 1 is 0.455 bits per heavy atom. The monoisotopic (exact) mass is 884 g/mol. The normalized spacial score (nSPS) is 16.0. The van der Waals surface area contributed by atoms with Crippen molar-refractivity contribution < 1.29 is 58.4 Å². The van der Waals surface area contributed by atoms with Gasteiger partial charge in [0.1, 0.15) is 11.5 Å². The second-order valence-corrected chi connectivity index (χ2v) is 15.0. The summed E-state index contributed by atoms with van der Waals surface area (Å²) in [4.78, 5) is 91.8. The highest BCUT2D eigenvalue weighted by molar-refractivity contribution is 6.07. The van der Waals surface area contributed by atoms with Crippen LogP contribution >= 0.6 is 0 Å². The minimum absolute atomic E-state index is 0.0349. The highest BCUT2D eigenvalue weighted by Crippen LogP contribution is 2.59. The molecule has 332 valence electrons. The summed E-state index contributed by atoms with van der Waals surface area (Å²) in [6.45, 7) is 3.30. The van der Waals surface area contributed by atoms with Crippen LogP contribution in [0.15, 0.2) is 170 Å². The molecule has 1 aliphatic carbocycles. The largest absolute Gasteiger partial charge is 0.478 e. The number of aromatic carboxylic acids is 3. The molecule has 0 saturated heterocycles. The van der Waals surface area contributed by atoms with Gasteiger partial charge in [0.05, 0.1) is 16.7 Å². The Balaban J connectivity index is 0.000000208. The number of ketones is 4. The van der Waals surface area contributed by atoms with Crippen molar-refractivity contribution >= 4 is 59.7 Å². The summed E-state index contributed by atoms with van der Waals surface area (Å²) in [7, 11) is 0. The minimum Gasteiger partial charge on any atom is -0.478 e. The summed E-state index contributed by atoms with van der Waals surface area (Å²) < 4.78 is 4.89. The molecule has 12 nitrogen and oxygen atoms in total. The number of Topliss-reactive ketones (excluding diaryl/α,β-unsaturated/α-hetero) is 2. The van der Waals surface area contributed by atoms with Crippen LogP contribution in [0.1, 0.15) is 99.7 Å². The number of carbonyl (C=O) groups excluding carboxylic acids is 5. The predicted molar refractivity (Wildman–Crippen MR) is 247 cm³/mol. The summed E-state index contributed by atoms with van der Waals surface area (Å²) in [5.74, 6) is -4.56. The van der Waals surface area contributed by atoms with E-state index in [0.29, 0.717) is 23.3 Å². The van der Waals surface area contributed by atoms with Gasteiger partial charge in [-0.1, -0.05) is 121 Å². The first-order chi connectivity index (χ1) is 31.7. The third kappa shape index (κ3) is 13.0. The fraction of sp³-hybridized carbons (Fsp3) is 0.111. The Bertz CT molecular complexity index is 2740. The van der Waals surface area contributed by atoms with Crippen LogP contribution < -0.4 is 4.74 Å². The van der Waals surface area contributed by atoms with E-state index in [9.17, 15) is 43.5 Å². The fourth-order valence-corrected chi connectivity index (χ4v) is 7.43. The quantitative estimate of drug-likeness (QED) is 0.0501. The van der Waals surface area contributed by atoms with Crippen molar-refractivity contribution in [2.24, 2.45) is 11.8 Å². The molecule has 0 bridgehead atoms. The van der Waals surface area contributed by atoms with Crippen LogP contribution in [0.2, 0.25) is 0 Å². The molecule has 6 aromatic rings. The molecule has 4 atom stereocenters. The minimum atomic E-state index is -1.03. The van der Waals surface area contributed by atoms with Gasteiger partial charge < -0.3 is 20.1 Å². The second kappa shape index (κ2) is 23.2. The summed E-state index contributed by atoms with van der Waals surface area (Å²) in [6, 6.07) is 43.9. The Morgan fingerprint density at radius 3 is 1.26 bits per heavy atom. The molecule has 7 rings (SSSR count). The smallest absolute Gasteiger partial charge is 0.335 e. The summed E-state index contributed by atoms with van der Waals surface area (Å²) in [6.07, 6.45) is 6.23. The van der Waals surface area contributed by atoms with E-state index in [1.165, 1.54) is 62.4 Å². The van der Waals surface area contributed by atoms with Gasteiger partial charge in [-0.05, 0) is 96.8 Å². The van der Waals surface area contributed by atoms with E-state index in [1.54, 1.807) is 109 Å². The molecule has 0 aromatic heterocycles. The number of benzene rings is 6. The predicted octanol–water partition coefficient (Wildman–Crippen LogP) is 9.77. The van der Waals surface area contributed by atoms with E-state index < -0.39 is 29.7 Å². The van der Waals surface area contributed by atoms with Crippen molar-refractivity contribution in [1.82, 2.24) is 0 Å². The average Bonchev–Trinajstić information content (AvgIpc) is 3.31. The van der Waals surface area contributed by atoms with Crippen molar-refractivity contribution in [3.05, 3.63) is 220 Å². The van der Waals surface area contributed by atoms with Gasteiger partial charge in [0.15, 0.2) is 17.3 Å². The number of carboxylic acid groups (broad SMARTS) is 3. The zero-order chi connectivity index (χ0) is 47.8. The van der Waals surface area contributed by atoms with E-state index in [-0.39, 0.29) is 51.7 Å². The van der Waals surface area contributed by atoms with E-state index in [0.717, 1.165) is 22.3 Å². The molecule has 66 heavy (non-hydrogen) atoms. The Hall–Kier alpha value is -8.64. The van der Waals surface area contributed by atoms with Crippen molar-refractivity contribution in [1.29, 1.82) is 0 Å². The second-order valence-electron chi connectivity index (χ2n) is 15.0. The first-order valence-electron chi connectivity index (χ1n) is 20.4. The van der Waals surface area contributed by atoms with E-state index in [4.69, 9.17) is 14.9 Å². The lowest BCUT2D eigenvalue weighted by atomic mass is 9.50. The zero-order valence-corrected chi connectivity index (χ0v) is 35.7. The number of ether oxygens (including phenoxy) is 1. The number of allylic oxidation sites excluding steroid dienone is 2. The van der Waals surface area contributed by atoms with Crippen molar-refractivity contribution in [2.45, 2.75) is 25.7 Å².